The lowest BCUT2D eigenvalue weighted by atomic mass is 10.1. The lowest BCUT2D eigenvalue weighted by Gasteiger charge is -2.37. The highest BCUT2D eigenvalue weighted by molar-refractivity contribution is 7.89. The molecule has 0 spiro atoms. The Morgan fingerprint density at radius 1 is 1.47 bits per heavy atom. The SMILES string of the molecule is CCn1nccc1S(=O)(=O)N1CCNC(C)C1C.Cl. The Balaban J connectivity index is 0.00000180. The van der Waals surface area contributed by atoms with Crippen molar-refractivity contribution in [3.05, 3.63) is 12.3 Å². The first-order valence-corrected chi connectivity index (χ1v) is 7.69. The van der Waals surface area contributed by atoms with E-state index in [1.54, 1.807) is 10.4 Å². The van der Waals surface area contributed by atoms with Crippen LogP contribution in [0.5, 0.6) is 0 Å². The van der Waals surface area contributed by atoms with Crippen molar-refractivity contribution in [2.75, 3.05) is 13.1 Å². The van der Waals surface area contributed by atoms with Gasteiger partial charge in [0, 0.05) is 31.7 Å². The van der Waals surface area contributed by atoms with E-state index in [9.17, 15) is 8.42 Å². The Morgan fingerprint density at radius 3 is 2.79 bits per heavy atom. The van der Waals surface area contributed by atoms with E-state index in [4.69, 9.17) is 0 Å². The fourth-order valence-corrected chi connectivity index (χ4v) is 4.13. The number of hydrogen-bond donors (Lipinski definition) is 1. The summed E-state index contributed by atoms with van der Waals surface area (Å²) in [5, 5.41) is 7.60. The molecule has 110 valence electrons. The molecule has 1 aliphatic heterocycles. The highest BCUT2D eigenvalue weighted by atomic mass is 35.5. The molecule has 19 heavy (non-hydrogen) atoms. The van der Waals surface area contributed by atoms with Crippen LogP contribution in [-0.2, 0) is 16.6 Å². The Hall–Kier alpha value is -0.630. The standard InChI is InChI=1S/C11H20N4O2S.ClH/c1-4-14-11(5-6-13-14)18(16,17)15-8-7-12-9(2)10(15)3;/h5-6,9-10,12H,4,7-8H2,1-3H3;1H. The predicted molar refractivity (Wildman–Crippen MR) is 76.0 cm³/mol. The van der Waals surface area contributed by atoms with Gasteiger partial charge in [-0.15, -0.1) is 12.4 Å². The van der Waals surface area contributed by atoms with Gasteiger partial charge < -0.3 is 5.32 Å². The summed E-state index contributed by atoms with van der Waals surface area (Å²) in [6.07, 6.45) is 1.53. The molecule has 2 atom stereocenters. The number of aryl methyl sites for hydroxylation is 1. The van der Waals surface area contributed by atoms with Gasteiger partial charge in [0.2, 0.25) is 0 Å². The van der Waals surface area contributed by atoms with E-state index in [1.807, 2.05) is 20.8 Å². The summed E-state index contributed by atoms with van der Waals surface area (Å²) in [6.45, 7) is 7.56. The van der Waals surface area contributed by atoms with Crippen LogP contribution in [0.2, 0.25) is 0 Å². The van der Waals surface area contributed by atoms with Gasteiger partial charge in [0.05, 0.1) is 6.20 Å². The van der Waals surface area contributed by atoms with Crippen LogP contribution in [-0.4, -0.2) is 47.7 Å². The Kier molecular flexibility index (Phi) is 5.37. The third-order valence-corrected chi connectivity index (χ3v) is 5.53. The summed E-state index contributed by atoms with van der Waals surface area (Å²) in [4.78, 5) is 0. The zero-order valence-electron chi connectivity index (χ0n) is 11.4. The second-order valence-corrected chi connectivity index (χ2v) is 6.42. The van der Waals surface area contributed by atoms with Gasteiger partial charge >= 0.3 is 0 Å². The Morgan fingerprint density at radius 2 is 2.16 bits per heavy atom. The van der Waals surface area contributed by atoms with Crippen molar-refractivity contribution in [2.24, 2.45) is 0 Å². The first-order valence-electron chi connectivity index (χ1n) is 6.25. The minimum atomic E-state index is -3.45. The number of rotatable bonds is 3. The van der Waals surface area contributed by atoms with Gasteiger partial charge in [-0.25, -0.2) is 8.42 Å². The fourth-order valence-electron chi connectivity index (χ4n) is 2.26. The number of piperazine rings is 1. The van der Waals surface area contributed by atoms with Crippen LogP contribution < -0.4 is 5.32 Å². The molecular formula is C11H21ClN4O2S. The summed E-state index contributed by atoms with van der Waals surface area (Å²) in [7, 11) is -3.45. The van der Waals surface area contributed by atoms with Crippen molar-refractivity contribution in [2.45, 2.75) is 44.4 Å². The molecule has 1 aromatic heterocycles. The Labute approximate surface area is 120 Å². The summed E-state index contributed by atoms with van der Waals surface area (Å²) < 4.78 is 28.3. The van der Waals surface area contributed by atoms with Gasteiger partial charge in [0.15, 0.2) is 5.03 Å². The quantitative estimate of drug-likeness (QED) is 0.892. The number of aromatic nitrogens is 2. The topological polar surface area (TPSA) is 67.2 Å². The zero-order valence-corrected chi connectivity index (χ0v) is 13.0. The van der Waals surface area contributed by atoms with Crippen molar-refractivity contribution >= 4 is 22.4 Å². The molecule has 0 aliphatic carbocycles. The lowest BCUT2D eigenvalue weighted by molar-refractivity contribution is 0.231. The molecule has 0 aromatic carbocycles. The molecule has 2 heterocycles. The Bertz CT molecular complexity index is 517. The molecule has 0 bridgehead atoms. The molecule has 6 nitrogen and oxygen atoms in total. The van der Waals surface area contributed by atoms with Crippen molar-refractivity contribution in [3.63, 3.8) is 0 Å². The normalized spacial score (nSPS) is 25.0. The molecule has 0 saturated carbocycles. The monoisotopic (exact) mass is 308 g/mol. The first kappa shape index (κ1) is 16.4. The maximum Gasteiger partial charge on any atom is 0.260 e. The van der Waals surface area contributed by atoms with Crippen LogP contribution in [0, 0.1) is 0 Å². The lowest BCUT2D eigenvalue weighted by Crippen LogP contribution is -2.57. The molecular weight excluding hydrogens is 288 g/mol. The second kappa shape index (κ2) is 6.21. The average Bonchev–Trinajstić information content (AvgIpc) is 2.81. The molecule has 1 N–H and O–H groups in total. The highest BCUT2D eigenvalue weighted by Gasteiger charge is 2.35. The van der Waals surface area contributed by atoms with Crippen LogP contribution in [0.4, 0.5) is 0 Å². The van der Waals surface area contributed by atoms with Gasteiger partial charge in [-0.05, 0) is 26.8 Å². The fraction of sp³-hybridized carbons (Fsp3) is 0.727. The van der Waals surface area contributed by atoms with Gasteiger partial charge in [-0.3, -0.25) is 4.68 Å². The minimum Gasteiger partial charge on any atom is -0.311 e. The number of nitrogens with one attached hydrogen (secondary N) is 1. The van der Waals surface area contributed by atoms with Gasteiger partial charge in [-0.2, -0.15) is 9.40 Å². The average molecular weight is 309 g/mol. The highest BCUT2D eigenvalue weighted by Crippen LogP contribution is 2.21. The van der Waals surface area contributed by atoms with E-state index < -0.39 is 10.0 Å². The number of sulfonamides is 1. The minimum absolute atomic E-state index is 0. The molecule has 1 aliphatic rings. The summed E-state index contributed by atoms with van der Waals surface area (Å²) >= 11 is 0. The van der Waals surface area contributed by atoms with Crippen LogP contribution in [0.3, 0.4) is 0 Å². The second-order valence-electron chi connectivity index (χ2n) is 4.58. The van der Waals surface area contributed by atoms with Crippen LogP contribution in [0.25, 0.3) is 0 Å². The predicted octanol–water partition coefficient (Wildman–Crippen LogP) is 0.696. The first-order chi connectivity index (χ1) is 8.48. The molecule has 8 heteroatoms. The zero-order chi connectivity index (χ0) is 13.3. The summed E-state index contributed by atoms with van der Waals surface area (Å²) in [5.41, 5.74) is 0. The van der Waals surface area contributed by atoms with Gasteiger partial charge in [0.1, 0.15) is 0 Å². The molecule has 0 radical (unpaired) electrons. The number of hydrogen-bond acceptors (Lipinski definition) is 4. The maximum absolute atomic E-state index is 12.6. The largest absolute Gasteiger partial charge is 0.311 e. The van der Waals surface area contributed by atoms with E-state index in [0.717, 1.165) is 0 Å². The molecule has 1 aromatic rings. The summed E-state index contributed by atoms with van der Waals surface area (Å²) in [6, 6.07) is 1.67. The molecule has 0 amide bonds. The van der Waals surface area contributed by atoms with Crippen molar-refractivity contribution in [3.8, 4) is 0 Å². The van der Waals surface area contributed by atoms with E-state index in [0.29, 0.717) is 19.6 Å². The third kappa shape index (κ3) is 2.94. The van der Waals surface area contributed by atoms with E-state index in [-0.39, 0.29) is 29.5 Å². The van der Waals surface area contributed by atoms with E-state index in [1.165, 1.54) is 10.9 Å². The van der Waals surface area contributed by atoms with Crippen molar-refractivity contribution < 1.29 is 8.42 Å². The molecule has 1 fully saturated rings. The van der Waals surface area contributed by atoms with Crippen LogP contribution in [0.15, 0.2) is 17.3 Å². The van der Waals surface area contributed by atoms with E-state index >= 15 is 0 Å². The molecule has 2 rings (SSSR count). The van der Waals surface area contributed by atoms with Crippen molar-refractivity contribution in [1.29, 1.82) is 0 Å². The van der Waals surface area contributed by atoms with E-state index in [2.05, 4.69) is 10.4 Å². The van der Waals surface area contributed by atoms with Crippen LogP contribution >= 0.6 is 12.4 Å². The van der Waals surface area contributed by atoms with Crippen LogP contribution in [0.1, 0.15) is 20.8 Å². The summed E-state index contributed by atoms with van der Waals surface area (Å²) in [5.74, 6) is 0. The third-order valence-electron chi connectivity index (χ3n) is 3.53. The van der Waals surface area contributed by atoms with Gasteiger partial charge in [0.25, 0.3) is 10.0 Å². The number of halogens is 1. The smallest absolute Gasteiger partial charge is 0.260 e. The maximum atomic E-state index is 12.6. The molecule has 1 saturated heterocycles. The molecule has 2 unspecified atom stereocenters. The van der Waals surface area contributed by atoms with Gasteiger partial charge in [-0.1, -0.05) is 0 Å². The van der Waals surface area contributed by atoms with Crippen molar-refractivity contribution in [1.82, 2.24) is 19.4 Å². The number of nitrogens with zero attached hydrogens (tertiary/aromatic N) is 3.